The lowest BCUT2D eigenvalue weighted by atomic mass is 10.0. The molecule has 0 radical (unpaired) electrons. The van der Waals surface area contributed by atoms with Crippen molar-refractivity contribution in [3.05, 3.63) is 35.4 Å². The lowest BCUT2D eigenvalue weighted by Gasteiger charge is -2.24. The topological polar surface area (TPSA) is 55.4 Å². The minimum absolute atomic E-state index is 0.254. The van der Waals surface area contributed by atoms with E-state index in [1.54, 1.807) is 12.1 Å². The quantitative estimate of drug-likeness (QED) is 0.830. The van der Waals surface area contributed by atoms with Crippen LogP contribution in [0.2, 0.25) is 0 Å². The maximum Gasteiger partial charge on any atom is 0.338 e. The van der Waals surface area contributed by atoms with Crippen LogP contribution in [0.25, 0.3) is 0 Å². The molecule has 0 unspecified atom stereocenters. The van der Waals surface area contributed by atoms with E-state index < -0.39 is 5.97 Å². The minimum Gasteiger partial charge on any atom is -0.452 e. The fourth-order valence-corrected chi connectivity index (χ4v) is 1.41. The van der Waals surface area contributed by atoms with Gasteiger partial charge in [0, 0.05) is 5.54 Å². The molecule has 19 heavy (non-hydrogen) atoms. The van der Waals surface area contributed by atoms with Crippen LogP contribution < -0.4 is 5.32 Å². The van der Waals surface area contributed by atoms with Crippen LogP contribution in [0, 0.1) is 6.92 Å². The van der Waals surface area contributed by atoms with Crippen LogP contribution >= 0.6 is 0 Å². The number of carbonyl (C=O) groups excluding carboxylic acids is 2. The van der Waals surface area contributed by atoms with E-state index in [2.05, 4.69) is 5.32 Å². The monoisotopic (exact) mass is 263 g/mol. The molecule has 0 spiro atoms. The summed E-state index contributed by atoms with van der Waals surface area (Å²) in [6.45, 7) is 7.52. The van der Waals surface area contributed by atoms with Crippen LogP contribution in [0.3, 0.4) is 0 Å². The maximum absolute atomic E-state index is 11.7. The third-order valence-electron chi connectivity index (χ3n) is 2.98. The number of benzene rings is 1. The zero-order chi connectivity index (χ0) is 14.5. The van der Waals surface area contributed by atoms with Crippen LogP contribution in [0.1, 0.15) is 43.1 Å². The lowest BCUT2D eigenvalue weighted by Crippen LogP contribution is -2.44. The van der Waals surface area contributed by atoms with Crippen molar-refractivity contribution < 1.29 is 14.3 Å². The Morgan fingerprint density at radius 1 is 1.21 bits per heavy atom. The fourth-order valence-electron chi connectivity index (χ4n) is 1.41. The van der Waals surface area contributed by atoms with E-state index in [4.69, 9.17) is 4.74 Å². The molecule has 4 heteroatoms. The molecule has 0 bridgehead atoms. The summed E-state index contributed by atoms with van der Waals surface area (Å²) >= 11 is 0. The van der Waals surface area contributed by atoms with E-state index in [9.17, 15) is 9.59 Å². The van der Waals surface area contributed by atoms with Gasteiger partial charge in [-0.15, -0.1) is 0 Å². The Labute approximate surface area is 114 Å². The summed E-state index contributed by atoms with van der Waals surface area (Å²) in [5.74, 6) is -0.767. The third-order valence-corrected chi connectivity index (χ3v) is 2.98. The molecule has 0 aliphatic carbocycles. The molecule has 1 amide bonds. The number of aryl methyl sites for hydroxylation is 1. The molecule has 0 saturated heterocycles. The minimum atomic E-state index is -0.482. The lowest BCUT2D eigenvalue weighted by molar-refractivity contribution is -0.125. The second-order valence-corrected chi connectivity index (χ2v) is 5.23. The predicted octanol–water partition coefficient (Wildman–Crippen LogP) is 2.46. The van der Waals surface area contributed by atoms with Gasteiger partial charge in [0.2, 0.25) is 0 Å². The molecule has 1 N–H and O–H groups in total. The summed E-state index contributed by atoms with van der Waals surface area (Å²) in [7, 11) is 0. The van der Waals surface area contributed by atoms with Gasteiger partial charge in [-0.1, -0.05) is 24.6 Å². The Morgan fingerprint density at radius 2 is 1.79 bits per heavy atom. The molecule has 0 fully saturated rings. The Morgan fingerprint density at radius 3 is 2.32 bits per heavy atom. The molecule has 4 nitrogen and oxygen atoms in total. The largest absolute Gasteiger partial charge is 0.452 e. The number of amides is 1. The molecule has 104 valence electrons. The van der Waals surface area contributed by atoms with E-state index in [1.807, 2.05) is 39.8 Å². The zero-order valence-electron chi connectivity index (χ0n) is 11.9. The van der Waals surface area contributed by atoms with E-state index in [0.717, 1.165) is 12.0 Å². The van der Waals surface area contributed by atoms with E-state index in [-0.39, 0.29) is 18.1 Å². The van der Waals surface area contributed by atoms with Gasteiger partial charge in [0.25, 0.3) is 5.91 Å². The van der Waals surface area contributed by atoms with Crippen molar-refractivity contribution in [2.24, 2.45) is 0 Å². The van der Waals surface area contributed by atoms with Gasteiger partial charge in [-0.05, 0) is 39.3 Å². The highest BCUT2D eigenvalue weighted by molar-refractivity contribution is 5.91. The van der Waals surface area contributed by atoms with Gasteiger partial charge in [0.15, 0.2) is 6.61 Å². The van der Waals surface area contributed by atoms with Crippen LogP contribution in [0.5, 0.6) is 0 Å². The van der Waals surface area contributed by atoms with Crippen LogP contribution in [0.4, 0.5) is 0 Å². The molecule has 0 heterocycles. The number of carbonyl (C=O) groups is 2. The Hall–Kier alpha value is -1.84. The summed E-state index contributed by atoms with van der Waals surface area (Å²) in [6, 6.07) is 7.03. The van der Waals surface area contributed by atoms with Crippen molar-refractivity contribution in [2.75, 3.05) is 6.61 Å². The first kappa shape index (κ1) is 15.2. The van der Waals surface area contributed by atoms with E-state index >= 15 is 0 Å². The first-order valence-corrected chi connectivity index (χ1v) is 6.39. The summed E-state index contributed by atoms with van der Waals surface area (Å²) in [6.07, 6.45) is 0.810. The Balaban J connectivity index is 2.46. The first-order chi connectivity index (χ1) is 8.84. The fraction of sp³-hybridized carbons (Fsp3) is 0.467. The molecule has 0 saturated carbocycles. The van der Waals surface area contributed by atoms with Crippen molar-refractivity contribution in [1.82, 2.24) is 5.32 Å². The molecule has 1 aromatic rings. The summed E-state index contributed by atoms with van der Waals surface area (Å²) in [5, 5.41) is 2.81. The first-order valence-electron chi connectivity index (χ1n) is 6.39. The summed E-state index contributed by atoms with van der Waals surface area (Å²) < 4.78 is 4.97. The van der Waals surface area contributed by atoms with Crippen LogP contribution in [-0.2, 0) is 9.53 Å². The smallest absolute Gasteiger partial charge is 0.338 e. The van der Waals surface area contributed by atoms with Crippen molar-refractivity contribution in [1.29, 1.82) is 0 Å². The number of hydrogen-bond acceptors (Lipinski definition) is 3. The Kier molecular flexibility index (Phi) is 5.10. The predicted molar refractivity (Wildman–Crippen MR) is 74.0 cm³/mol. The van der Waals surface area contributed by atoms with Crippen LogP contribution in [-0.4, -0.2) is 24.0 Å². The van der Waals surface area contributed by atoms with Gasteiger partial charge in [0.1, 0.15) is 0 Å². The molecule has 0 aromatic heterocycles. The number of hydrogen-bond donors (Lipinski definition) is 1. The van der Waals surface area contributed by atoms with Gasteiger partial charge in [0.05, 0.1) is 5.56 Å². The van der Waals surface area contributed by atoms with Gasteiger partial charge in [-0.25, -0.2) is 4.79 Å². The highest BCUT2D eigenvalue weighted by atomic mass is 16.5. The van der Waals surface area contributed by atoms with E-state index in [0.29, 0.717) is 5.56 Å². The highest BCUT2D eigenvalue weighted by Gasteiger charge is 2.18. The normalized spacial score (nSPS) is 10.9. The van der Waals surface area contributed by atoms with Crippen molar-refractivity contribution in [2.45, 2.75) is 39.7 Å². The van der Waals surface area contributed by atoms with Crippen molar-refractivity contribution in [3.8, 4) is 0 Å². The summed E-state index contributed by atoms with van der Waals surface area (Å²) in [4.78, 5) is 23.3. The van der Waals surface area contributed by atoms with Crippen molar-refractivity contribution in [3.63, 3.8) is 0 Å². The zero-order valence-corrected chi connectivity index (χ0v) is 11.9. The number of esters is 1. The number of ether oxygens (including phenoxy) is 1. The van der Waals surface area contributed by atoms with E-state index in [1.165, 1.54) is 0 Å². The van der Waals surface area contributed by atoms with Gasteiger partial charge in [-0.2, -0.15) is 0 Å². The average molecular weight is 263 g/mol. The standard InChI is InChI=1S/C15H21NO3/c1-5-15(3,4)16-13(17)10-19-14(18)12-8-6-11(2)7-9-12/h6-9H,5,10H2,1-4H3,(H,16,17). The number of rotatable bonds is 5. The third kappa shape index (κ3) is 5.12. The number of nitrogens with one attached hydrogen (secondary N) is 1. The molecule has 1 aromatic carbocycles. The molecular weight excluding hydrogens is 242 g/mol. The van der Waals surface area contributed by atoms with Gasteiger partial charge >= 0.3 is 5.97 Å². The maximum atomic E-state index is 11.7. The second-order valence-electron chi connectivity index (χ2n) is 5.23. The molecule has 0 aliphatic rings. The Bertz CT molecular complexity index is 449. The average Bonchev–Trinajstić information content (AvgIpc) is 2.36. The SMILES string of the molecule is CCC(C)(C)NC(=O)COC(=O)c1ccc(C)cc1. The molecule has 0 aliphatic heterocycles. The second kappa shape index (κ2) is 6.36. The van der Waals surface area contributed by atoms with Gasteiger partial charge < -0.3 is 10.1 Å². The molecule has 0 atom stereocenters. The van der Waals surface area contributed by atoms with Gasteiger partial charge in [-0.3, -0.25) is 4.79 Å². The van der Waals surface area contributed by atoms with Crippen molar-refractivity contribution >= 4 is 11.9 Å². The molecule has 1 rings (SSSR count). The summed E-state index contributed by atoms with van der Waals surface area (Å²) in [5.41, 5.74) is 1.24. The van der Waals surface area contributed by atoms with Crippen LogP contribution in [0.15, 0.2) is 24.3 Å². The highest BCUT2D eigenvalue weighted by Crippen LogP contribution is 2.07. The molecular formula is C15H21NO3.